The van der Waals surface area contributed by atoms with Crippen LogP contribution in [0.1, 0.15) is 27.3 Å². The summed E-state index contributed by atoms with van der Waals surface area (Å²) in [7, 11) is 1.78. The lowest BCUT2D eigenvalue weighted by molar-refractivity contribution is -0.113. The van der Waals surface area contributed by atoms with Crippen LogP contribution in [0.5, 0.6) is 0 Å². The number of carbonyl (C=O) groups is 2. The zero-order valence-electron chi connectivity index (χ0n) is 17.2. The fourth-order valence-corrected chi connectivity index (χ4v) is 3.70. The van der Waals surface area contributed by atoms with Crippen LogP contribution in [0.25, 0.3) is 0 Å². The summed E-state index contributed by atoms with van der Waals surface area (Å²) in [5, 5.41) is 15.1. The van der Waals surface area contributed by atoms with Gasteiger partial charge in [0.1, 0.15) is 0 Å². The molecule has 2 aromatic carbocycles. The molecule has 0 aliphatic carbocycles. The van der Waals surface area contributed by atoms with Crippen LogP contribution in [-0.4, -0.2) is 32.3 Å². The molecule has 0 saturated carbocycles. The van der Waals surface area contributed by atoms with Gasteiger partial charge in [0.25, 0.3) is 5.91 Å². The van der Waals surface area contributed by atoms with Crippen LogP contribution in [0.4, 0.5) is 5.69 Å². The normalized spacial score (nSPS) is 10.7. The predicted octanol–water partition coefficient (Wildman–Crippen LogP) is 4.40. The number of halogens is 2. The minimum absolute atomic E-state index is 0.134. The summed E-state index contributed by atoms with van der Waals surface area (Å²) in [6.07, 6.45) is 0. The van der Waals surface area contributed by atoms with Crippen molar-refractivity contribution in [2.24, 2.45) is 7.05 Å². The second-order valence-corrected chi connectivity index (χ2v) is 8.66. The summed E-state index contributed by atoms with van der Waals surface area (Å²) >= 11 is 13.1. The van der Waals surface area contributed by atoms with Gasteiger partial charge in [-0.05, 0) is 55.3 Å². The SMILES string of the molecule is Cc1ccc(NC(=O)CSc2nnc(CNC(=O)c3ccc(Cl)c(Cl)c3)n2C)cc1C. The van der Waals surface area contributed by atoms with Gasteiger partial charge in [-0.1, -0.05) is 41.0 Å². The van der Waals surface area contributed by atoms with Gasteiger partial charge in [0.15, 0.2) is 11.0 Å². The molecule has 3 rings (SSSR count). The number of hydrogen-bond acceptors (Lipinski definition) is 5. The second kappa shape index (κ2) is 10.2. The Bertz CT molecular complexity index is 1130. The number of hydrogen-bond donors (Lipinski definition) is 2. The highest BCUT2D eigenvalue weighted by molar-refractivity contribution is 7.99. The minimum atomic E-state index is -0.302. The van der Waals surface area contributed by atoms with Crippen molar-refractivity contribution in [1.82, 2.24) is 20.1 Å². The highest BCUT2D eigenvalue weighted by atomic mass is 35.5. The summed E-state index contributed by atoms with van der Waals surface area (Å²) in [4.78, 5) is 24.6. The van der Waals surface area contributed by atoms with Crippen LogP contribution in [0, 0.1) is 13.8 Å². The van der Waals surface area contributed by atoms with Crippen LogP contribution >= 0.6 is 35.0 Å². The van der Waals surface area contributed by atoms with Crippen LogP contribution < -0.4 is 10.6 Å². The minimum Gasteiger partial charge on any atom is -0.345 e. The Morgan fingerprint density at radius 2 is 1.81 bits per heavy atom. The molecular weight excluding hydrogens is 457 g/mol. The summed E-state index contributed by atoms with van der Waals surface area (Å²) < 4.78 is 1.74. The lowest BCUT2D eigenvalue weighted by Gasteiger charge is -2.08. The van der Waals surface area contributed by atoms with Gasteiger partial charge in [-0.2, -0.15) is 0 Å². The third kappa shape index (κ3) is 6.00. The van der Waals surface area contributed by atoms with E-state index in [-0.39, 0.29) is 24.1 Å². The molecule has 2 N–H and O–H groups in total. The highest BCUT2D eigenvalue weighted by Crippen LogP contribution is 2.22. The highest BCUT2D eigenvalue weighted by Gasteiger charge is 2.14. The quantitative estimate of drug-likeness (QED) is 0.492. The number of nitrogens with one attached hydrogen (secondary N) is 2. The molecule has 2 amide bonds. The van der Waals surface area contributed by atoms with E-state index < -0.39 is 0 Å². The molecular formula is C21H21Cl2N5O2S. The third-order valence-electron chi connectivity index (χ3n) is 4.64. The Balaban J connectivity index is 1.53. The number of anilines is 1. The van der Waals surface area contributed by atoms with E-state index in [1.807, 2.05) is 32.0 Å². The molecule has 0 aliphatic heterocycles. The molecule has 0 spiro atoms. The lowest BCUT2D eigenvalue weighted by Crippen LogP contribution is -2.24. The maximum absolute atomic E-state index is 12.3. The van der Waals surface area contributed by atoms with Gasteiger partial charge in [-0.3, -0.25) is 9.59 Å². The summed E-state index contributed by atoms with van der Waals surface area (Å²) in [5.74, 6) is 0.314. The maximum Gasteiger partial charge on any atom is 0.251 e. The van der Waals surface area contributed by atoms with Gasteiger partial charge in [-0.15, -0.1) is 10.2 Å². The van der Waals surface area contributed by atoms with E-state index in [1.54, 1.807) is 23.7 Å². The van der Waals surface area contributed by atoms with Crippen LogP contribution in [-0.2, 0) is 18.4 Å². The number of thioether (sulfide) groups is 1. The number of rotatable bonds is 7. The molecule has 31 heavy (non-hydrogen) atoms. The van der Waals surface area contributed by atoms with Crippen molar-refractivity contribution < 1.29 is 9.59 Å². The Labute approximate surface area is 194 Å². The molecule has 3 aromatic rings. The first-order chi connectivity index (χ1) is 14.7. The summed E-state index contributed by atoms with van der Waals surface area (Å²) in [6.45, 7) is 4.20. The third-order valence-corrected chi connectivity index (χ3v) is 6.40. The van der Waals surface area contributed by atoms with Gasteiger partial charge in [-0.25, -0.2) is 0 Å². The number of benzene rings is 2. The average Bonchev–Trinajstić information content (AvgIpc) is 3.09. The van der Waals surface area contributed by atoms with Crippen molar-refractivity contribution in [1.29, 1.82) is 0 Å². The van der Waals surface area contributed by atoms with Crippen molar-refractivity contribution in [2.75, 3.05) is 11.1 Å². The van der Waals surface area contributed by atoms with E-state index in [2.05, 4.69) is 20.8 Å². The molecule has 0 radical (unpaired) electrons. The van der Waals surface area contributed by atoms with Gasteiger partial charge in [0.05, 0.1) is 22.3 Å². The molecule has 7 nitrogen and oxygen atoms in total. The number of amides is 2. The van der Waals surface area contributed by atoms with Gasteiger partial charge < -0.3 is 15.2 Å². The zero-order valence-corrected chi connectivity index (χ0v) is 19.5. The Hall–Kier alpha value is -2.55. The Morgan fingerprint density at radius 3 is 2.52 bits per heavy atom. The van der Waals surface area contributed by atoms with E-state index in [1.165, 1.54) is 23.4 Å². The molecule has 0 bridgehead atoms. The number of aromatic nitrogens is 3. The average molecular weight is 478 g/mol. The number of nitrogens with zero attached hydrogens (tertiary/aromatic N) is 3. The van der Waals surface area contributed by atoms with E-state index >= 15 is 0 Å². The first-order valence-corrected chi connectivity index (χ1v) is 11.1. The molecule has 0 fully saturated rings. The molecule has 162 valence electrons. The molecule has 0 atom stereocenters. The topological polar surface area (TPSA) is 88.9 Å². The standard InChI is InChI=1S/C21H21Cl2N5O2S/c1-12-4-6-15(8-13(12)2)25-19(29)11-31-21-27-26-18(28(21)3)10-24-20(30)14-5-7-16(22)17(23)9-14/h4-9H,10-11H2,1-3H3,(H,24,30)(H,25,29). The van der Waals surface area contributed by atoms with Crippen LogP contribution in [0.2, 0.25) is 10.0 Å². The van der Waals surface area contributed by atoms with Crippen molar-refractivity contribution in [3.63, 3.8) is 0 Å². The first-order valence-electron chi connectivity index (χ1n) is 9.36. The fraction of sp³-hybridized carbons (Fsp3) is 0.238. The molecule has 1 heterocycles. The largest absolute Gasteiger partial charge is 0.345 e. The monoisotopic (exact) mass is 477 g/mol. The molecule has 1 aromatic heterocycles. The summed E-state index contributed by atoms with van der Waals surface area (Å²) in [6, 6.07) is 10.5. The van der Waals surface area contributed by atoms with Gasteiger partial charge >= 0.3 is 0 Å². The molecule has 0 aliphatic rings. The maximum atomic E-state index is 12.3. The van der Waals surface area contributed by atoms with Crippen LogP contribution in [0.15, 0.2) is 41.6 Å². The smallest absolute Gasteiger partial charge is 0.251 e. The zero-order chi connectivity index (χ0) is 22.5. The number of aryl methyl sites for hydroxylation is 2. The lowest BCUT2D eigenvalue weighted by atomic mass is 10.1. The number of carbonyl (C=O) groups excluding carboxylic acids is 2. The van der Waals surface area contributed by atoms with E-state index in [9.17, 15) is 9.59 Å². The molecule has 10 heteroatoms. The summed E-state index contributed by atoms with van der Waals surface area (Å²) in [5.41, 5.74) is 3.45. The predicted molar refractivity (Wildman–Crippen MR) is 124 cm³/mol. The van der Waals surface area contributed by atoms with Crippen molar-refractivity contribution in [2.45, 2.75) is 25.5 Å². The molecule has 0 saturated heterocycles. The van der Waals surface area contributed by atoms with E-state index in [0.29, 0.717) is 26.6 Å². The van der Waals surface area contributed by atoms with Crippen molar-refractivity contribution in [3.05, 3.63) is 69.0 Å². The van der Waals surface area contributed by atoms with Gasteiger partial charge in [0.2, 0.25) is 5.91 Å². The van der Waals surface area contributed by atoms with E-state index in [4.69, 9.17) is 23.2 Å². The van der Waals surface area contributed by atoms with Crippen molar-refractivity contribution >= 4 is 52.5 Å². The molecule has 0 unspecified atom stereocenters. The first kappa shape index (κ1) is 23.1. The second-order valence-electron chi connectivity index (χ2n) is 6.91. The van der Waals surface area contributed by atoms with E-state index in [0.717, 1.165) is 11.3 Å². The Morgan fingerprint density at radius 1 is 1.03 bits per heavy atom. The fourth-order valence-electron chi connectivity index (χ4n) is 2.67. The van der Waals surface area contributed by atoms with Gasteiger partial charge in [0, 0.05) is 18.3 Å². The Kier molecular flexibility index (Phi) is 7.59. The van der Waals surface area contributed by atoms with Crippen molar-refractivity contribution in [3.8, 4) is 0 Å². The van der Waals surface area contributed by atoms with Crippen LogP contribution in [0.3, 0.4) is 0 Å².